The molecule has 3 aromatic carbocycles. The molecule has 1 aliphatic heterocycles. The van der Waals surface area contributed by atoms with Crippen LogP contribution in [0, 0.1) is 0 Å². The van der Waals surface area contributed by atoms with E-state index in [1.54, 1.807) is 43.3 Å². The van der Waals surface area contributed by atoms with Crippen molar-refractivity contribution in [2.24, 2.45) is 0 Å². The Kier molecular flexibility index (Phi) is 6.23. The maximum absolute atomic E-state index is 12.8. The molecular weight excluding hydrogens is 412 g/mol. The molecule has 3 aromatic rings. The monoisotopic (exact) mass is 434 g/mol. The van der Waals surface area contributed by atoms with Crippen LogP contribution >= 0.6 is 11.6 Å². The summed E-state index contributed by atoms with van der Waals surface area (Å²) in [6.45, 7) is 2.77. The van der Waals surface area contributed by atoms with Gasteiger partial charge in [-0.1, -0.05) is 54.1 Å². The van der Waals surface area contributed by atoms with E-state index in [-0.39, 0.29) is 11.8 Å². The predicted octanol–water partition coefficient (Wildman–Crippen LogP) is 4.94. The van der Waals surface area contributed by atoms with Gasteiger partial charge in [0.1, 0.15) is 5.75 Å². The summed E-state index contributed by atoms with van der Waals surface area (Å²) in [6.07, 6.45) is 0.193. The largest absolute Gasteiger partial charge is 0.481 e. The molecule has 0 bridgehead atoms. The lowest BCUT2D eigenvalue weighted by Crippen LogP contribution is -2.39. The molecule has 0 radical (unpaired) electrons. The third-order valence-electron chi connectivity index (χ3n) is 5.27. The minimum atomic E-state index is -0.569. The lowest BCUT2D eigenvalue weighted by atomic mass is 10.1. The smallest absolute Gasteiger partial charge is 0.263 e. The molecule has 4 rings (SSSR count). The first-order valence-electron chi connectivity index (χ1n) is 10.2. The highest BCUT2D eigenvalue weighted by Crippen LogP contribution is 2.29. The highest BCUT2D eigenvalue weighted by atomic mass is 35.5. The number of nitrogens with zero attached hydrogens (tertiary/aromatic N) is 1. The van der Waals surface area contributed by atoms with Crippen LogP contribution in [-0.2, 0) is 17.8 Å². The van der Waals surface area contributed by atoms with Gasteiger partial charge in [-0.25, -0.2) is 0 Å². The molecule has 0 fully saturated rings. The highest BCUT2D eigenvalue weighted by molar-refractivity contribution is 6.34. The predicted molar refractivity (Wildman–Crippen MR) is 122 cm³/mol. The van der Waals surface area contributed by atoms with Gasteiger partial charge in [0, 0.05) is 24.3 Å². The van der Waals surface area contributed by atoms with E-state index in [0.717, 1.165) is 12.0 Å². The average Bonchev–Trinajstić information content (AvgIpc) is 2.89. The van der Waals surface area contributed by atoms with Gasteiger partial charge in [-0.05, 0) is 49.2 Å². The van der Waals surface area contributed by atoms with Crippen LogP contribution in [0.1, 0.15) is 28.4 Å². The molecule has 0 aliphatic carbocycles. The van der Waals surface area contributed by atoms with Gasteiger partial charge in [-0.3, -0.25) is 9.59 Å². The van der Waals surface area contributed by atoms with Gasteiger partial charge in [0.05, 0.1) is 10.6 Å². The minimum Gasteiger partial charge on any atom is -0.481 e. The normalized spacial score (nSPS) is 15.6. The minimum absolute atomic E-state index is 0.0474. The number of hydrogen-bond donors (Lipinski definition) is 1. The quantitative estimate of drug-likeness (QED) is 0.618. The number of rotatable bonds is 5. The van der Waals surface area contributed by atoms with Gasteiger partial charge in [0.2, 0.25) is 0 Å². The molecule has 0 spiro atoms. The van der Waals surface area contributed by atoms with Crippen LogP contribution in [0.25, 0.3) is 0 Å². The molecule has 0 saturated carbocycles. The van der Waals surface area contributed by atoms with Crippen LogP contribution in [0.5, 0.6) is 5.75 Å². The third-order valence-corrected chi connectivity index (χ3v) is 5.60. The van der Waals surface area contributed by atoms with Crippen molar-refractivity contribution in [3.63, 3.8) is 0 Å². The molecular formula is C25H23ClN2O3. The molecule has 31 heavy (non-hydrogen) atoms. The van der Waals surface area contributed by atoms with E-state index in [2.05, 4.69) is 17.4 Å². The summed E-state index contributed by atoms with van der Waals surface area (Å²) >= 11 is 6.13. The van der Waals surface area contributed by atoms with Gasteiger partial charge < -0.3 is 15.0 Å². The first kappa shape index (κ1) is 20.9. The average molecular weight is 435 g/mol. The van der Waals surface area contributed by atoms with Crippen molar-refractivity contribution in [3.05, 3.63) is 94.5 Å². The van der Waals surface area contributed by atoms with Crippen LogP contribution in [0.15, 0.2) is 72.8 Å². The van der Waals surface area contributed by atoms with E-state index >= 15 is 0 Å². The Balaban J connectivity index is 1.53. The standard InChI is InChI=1S/C25H23ClN2O3/c1-17-25(30)28(14-13-18-7-3-2-4-8-18)16-19-15-20(11-12-23(19)31-17)27-24(29)21-9-5-6-10-22(21)26/h2-12,15,17H,13-14,16H2,1H3,(H,27,29). The first-order valence-corrected chi connectivity index (χ1v) is 10.6. The molecule has 0 saturated heterocycles. The van der Waals surface area contributed by atoms with Gasteiger partial charge in [-0.15, -0.1) is 0 Å². The van der Waals surface area contributed by atoms with E-state index < -0.39 is 6.10 Å². The molecule has 0 aromatic heterocycles. The Labute approximate surface area is 186 Å². The summed E-state index contributed by atoms with van der Waals surface area (Å²) < 4.78 is 5.89. The second-order valence-electron chi connectivity index (χ2n) is 7.51. The number of amides is 2. The van der Waals surface area contributed by atoms with E-state index in [1.165, 1.54) is 5.56 Å². The third kappa shape index (κ3) is 4.89. The van der Waals surface area contributed by atoms with Crippen molar-refractivity contribution in [3.8, 4) is 5.75 Å². The molecule has 1 N–H and O–H groups in total. The number of carbonyl (C=O) groups excluding carboxylic acids is 2. The molecule has 6 heteroatoms. The molecule has 158 valence electrons. The maximum atomic E-state index is 12.8. The molecule has 1 heterocycles. The summed E-state index contributed by atoms with van der Waals surface area (Å²) in [5.41, 5.74) is 3.05. The summed E-state index contributed by atoms with van der Waals surface area (Å²) in [5, 5.41) is 3.28. The SMILES string of the molecule is CC1Oc2ccc(NC(=O)c3ccccc3Cl)cc2CN(CCc2ccccc2)C1=O. The second kappa shape index (κ2) is 9.23. The maximum Gasteiger partial charge on any atom is 0.263 e. The summed E-state index contributed by atoms with van der Waals surface area (Å²) in [7, 11) is 0. The van der Waals surface area contributed by atoms with E-state index in [9.17, 15) is 9.59 Å². The number of carbonyl (C=O) groups is 2. The number of ether oxygens (including phenoxy) is 1. The zero-order chi connectivity index (χ0) is 21.8. The number of hydrogen-bond acceptors (Lipinski definition) is 3. The fraction of sp³-hybridized carbons (Fsp3) is 0.200. The van der Waals surface area contributed by atoms with Crippen molar-refractivity contribution >= 4 is 29.1 Å². The summed E-state index contributed by atoms with van der Waals surface area (Å²) in [5.74, 6) is 0.318. The zero-order valence-corrected chi connectivity index (χ0v) is 17.9. The Hall–Kier alpha value is -3.31. The van der Waals surface area contributed by atoms with Crippen LogP contribution < -0.4 is 10.1 Å². The van der Waals surface area contributed by atoms with Crippen LogP contribution in [-0.4, -0.2) is 29.4 Å². The number of halogens is 1. The van der Waals surface area contributed by atoms with Gasteiger partial charge in [-0.2, -0.15) is 0 Å². The number of anilines is 1. The van der Waals surface area contributed by atoms with Crippen LogP contribution in [0.3, 0.4) is 0 Å². The summed E-state index contributed by atoms with van der Waals surface area (Å²) in [4.78, 5) is 27.3. The molecule has 1 aliphatic rings. The van der Waals surface area contributed by atoms with Gasteiger partial charge in [0.15, 0.2) is 6.10 Å². The lowest BCUT2D eigenvalue weighted by molar-refractivity contribution is -0.137. The summed E-state index contributed by atoms with van der Waals surface area (Å²) in [6, 6.07) is 22.4. The van der Waals surface area contributed by atoms with Gasteiger partial charge in [0.25, 0.3) is 11.8 Å². The molecule has 2 amide bonds. The van der Waals surface area contributed by atoms with E-state index in [4.69, 9.17) is 16.3 Å². The van der Waals surface area contributed by atoms with Crippen LogP contribution in [0.4, 0.5) is 5.69 Å². The Bertz CT molecular complexity index is 1100. The highest BCUT2D eigenvalue weighted by Gasteiger charge is 2.28. The fourth-order valence-electron chi connectivity index (χ4n) is 3.62. The van der Waals surface area contributed by atoms with E-state index in [0.29, 0.717) is 35.1 Å². The topological polar surface area (TPSA) is 58.6 Å². The number of nitrogens with one attached hydrogen (secondary N) is 1. The second-order valence-corrected chi connectivity index (χ2v) is 7.92. The number of benzene rings is 3. The Morgan fingerprint density at radius 2 is 1.84 bits per heavy atom. The Morgan fingerprint density at radius 3 is 2.61 bits per heavy atom. The lowest BCUT2D eigenvalue weighted by Gasteiger charge is -2.22. The van der Waals surface area contributed by atoms with Crippen molar-refractivity contribution in [2.75, 3.05) is 11.9 Å². The van der Waals surface area contributed by atoms with Crippen molar-refractivity contribution < 1.29 is 14.3 Å². The number of fused-ring (bicyclic) bond motifs is 1. The van der Waals surface area contributed by atoms with Crippen molar-refractivity contribution in [1.29, 1.82) is 0 Å². The fourth-order valence-corrected chi connectivity index (χ4v) is 3.84. The van der Waals surface area contributed by atoms with E-state index in [1.807, 2.05) is 29.2 Å². The molecule has 1 unspecified atom stereocenters. The Morgan fingerprint density at radius 1 is 1.10 bits per heavy atom. The molecule has 1 atom stereocenters. The molecule has 5 nitrogen and oxygen atoms in total. The first-order chi connectivity index (χ1) is 15.0. The van der Waals surface area contributed by atoms with Crippen molar-refractivity contribution in [2.45, 2.75) is 26.0 Å². The van der Waals surface area contributed by atoms with Crippen molar-refractivity contribution in [1.82, 2.24) is 4.90 Å². The zero-order valence-electron chi connectivity index (χ0n) is 17.2. The van der Waals surface area contributed by atoms with Crippen LogP contribution in [0.2, 0.25) is 5.02 Å². The van der Waals surface area contributed by atoms with Gasteiger partial charge >= 0.3 is 0 Å².